The number of hydrogen-bond acceptors (Lipinski definition) is 5. The number of methoxy groups -OCH3 is 1. The van der Waals surface area contributed by atoms with Crippen LogP contribution in [0.5, 0.6) is 5.75 Å². The van der Waals surface area contributed by atoms with Crippen LogP contribution < -0.4 is 10.1 Å². The van der Waals surface area contributed by atoms with Gasteiger partial charge in [0.05, 0.1) is 31.6 Å². The molecule has 0 unspecified atom stereocenters. The Bertz CT molecular complexity index is 728. The third-order valence-corrected chi connectivity index (χ3v) is 4.81. The summed E-state index contributed by atoms with van der Waals surface area (Å²) in [5.74, 6) is 0.886. The molecule has 6 heteroatoms. The van der Waals surface area contributed by atoms with Gasteiger partial charge in [-0.1, -0.05) is 30.4 Å². The maximum absolute atomic E-state index is 6.05. The van der Waals surface area contributed by atoms with Crippen molar-refractivity contribution in [3.05, 3.63) is 53.9 Å². The lowest BCUT2D eigenvalue weighted by Gasteiger charge is -2.39. The molecular formula is C20H28N4O2. The zero-order valence-corrected chi connectivity index (χ0v) is 15.8. The summed E-state index contributed by atoms with van der Waals surface area (Å²) in [7, 11) is 5.83. The molecule has 0 amide bonds. The van der Waals surface area contributed by atoms with Gasteiger partial charge in [-0.15, -0.1) is 0 Å². The van der Waals surface area contributed by atoms with Gasteiger partial charge in [-0.2, -0.15) is 5.10 Å². The molecule has 6 nitrogen and oxygen atoms in total. The molecule has 3 rings (SSSR count). The van der Waals surface area contributed by atoms with E-state index in [0.29, 0.717) is 0 Å². The number of rotatable bonds is 7. The number of aromatic nitrogens is 2. The number of nitrogens with zero attached hydrogens (tertiary/aromatic N) is 3. The monoisotopic (exact) mass is 356 g/mol. The molecule has 0 saturated carbocycles. The topological polar surface area (TPSA) is 51.5 Å². The maximum atomic E-state index is 6.05. The Labute approximate surface area is 155 Å². The second-order valence-electron chi connectivity index (χ2n) is 6.52. The van der Waals surface area contributed by atoms with Crippen molar-refractivity contribution in [2.45, 2.75) is 12.1 Å². The third-order valence-electron chi connectivity index (χ3n) is 4.81. The van der Waals surface area contributed by atoms with E-state index in [1.807, 2.05) is 42.2 Å². The first-order valence-electron chi connectivity index (χ1n) is 9.00. The van der Waals surface area contributed by atoms with Gasteiger partial charge in [0.25, 0.3) is 0 Å². The van der Waals surface area contributed by atoms with Crippen molar-refractivity contribution < 1.29 is 9.47 Å². The fourth-order valence-electron chi connectivity index (χ4n) is 3.42. The molecular weight excluding hydrogens is 328 g/mol. The summed E-state index contributed by atoms with van der Waals surface area (Å²) in [6.07, 6.45) is 6.14. The van der Waals surface area contributed by atoms with Crippen LogP contribution in [0.15, 0.2) is 42.6 Å². The van der Waals surface area contributed by atoms with Gasteiger partial charge in [-0.3, -0.25) is 9.58 Å². The van der Waals surface area contributed by atoms with E-state index in [0.717, 1.165) is 37.6 Å². The fourth-order valence-corrected chi connectivity index (χ4v) is 3.42. The molecule has 1 aliphatic heterocycles. The van der Waals surface area contributed by atoms with Crippen LogP contribution >= 0.6 is 0 Å². The summed E-state index contributed by atoms with van der Waals surface area (Å²) in [6, 6.07) is 10.3. The summed E-state index contributed by atoms with van der Waals surface area (Å²) in [5, 5.41) is 7.80. The standard InChI is InChI=1S/C20H28N4O2/c1-23-13-14-26-19(20(23)17-10-12-22-24(17)2)15-21-11-6-8-16-7-4-5-9-18(16)25-3/h4-10,12,19-21H,11,13-15H2,1-3H3/b8-6+/t19-,20-/m0/s1. The molecule has 1 aromatic heterocycles. The van der Waals surface area contributed by atoms with Crippen molar-refractivity contribution in [2.24, 2.45) is 7.05 Å². The molecule has 0 bridgehead atoms. The van der Waals surface area contributed by atoms with E-state index in [2.05, 4.69) is 40.6 Å². The van der Waals surface area contributed by atoms with Gasteiger partial charge >= 0.3 is 0 Å². The molecule has 0 aliphatic carbocycles. The smallest absolute Gasteiger partial charge is 0.126 e. The summed E-state index contributed by atoms with van der Waals surface area (Å²) >= 11 is 0. The Balaban J connectivity index is 1.56. The molecule has 1 aromatic carbocycles. The van der Waals surface area contributed by atoms with Crippen LogP contribution in [0, 0.1) is 0 Å². The number of aryl methyl sites for hydroxylation is 1. The highest BCUT2D eigenvalue weighted by Gasteiger charge is 2.32. The van der Waals surface area contributed by atoms with E-state index in [1.54, 1.807) is 7.11 Å². The van der Waals surface area contributed by atoms with Gasteiger partial charge in [0, 0.05) is 38.4 Å². The Morgan fingerprint density at radius 3 is 2.92 bits per heavy atom. The number of benzene rings is 1. The molecule has 26 heavy (non-hydrogen) atoms. The predicted octanol–water partition coefficient (Wildman–Crippen LogP) is 2.10. The summed E-state index contributed by atoms with van der Waals surface area (Å²) in [5.41, 5.74) is 2.27. The van der Waals surface area contributed by atoms with E-state index >= 15 is 0 Å². The zero-order chi connectivity index (χ0) is 18.4. The van der Waals surface area contributed by atoms with Crippen LogP contribution in [-0.4, -0.2) is 61.2 Å². The lowest BCUT2D eigenvalue weighted by atomic mass is 10.0. The summed E-state index contributed by atoms with van der Waals surface area (Å²) < 4.78 is 13.4. The highest BCUT2D eigenvalue weighted by molar-refractivity contribution is 5.57. The molecule has 1 N–H and O–H groups in total. The second kappa shape index (κ2) is 8.98. The highest BCUT2D eigenvalue weighted by atomic mass is 16.5. The average molecular weight is 356 g/mol. The minimum atomic E-state index is 0.101. The number of hydrogen-bond donors (Lipinski definition) is 1. The van der Waals surface area contributed by atoms with Crippen LogP contribution in [0.2, 0.25) is 0 Å². The first kappa shape index (κ1) is 18.6. The number of ether oxygens (including phenoxy) is 2. The minimum Gasteiger partial charge on any atom is -0.496 e. The van der Waals surface area contributed by atoms with E-state index in [-0.39, 0.29) is 12.1 Å². The van der Waals surface area contributed by atoms with E-state index < -0.39 is 0 Å². The fraction of sp³-hybridized carbons (Fsp3) is 0.450. The molecule has 140 valence electrons. The van der Waals surface area contributed by atoms with Gasteiger partial charge in [0.2, 0.25) is 0 Å². The zero-order valence-electron chi connectivity index (χ0n) is 15.8. The Kier molecular flexibility index (Phi) is 6.44. The molecule has 0 radical (unpaired) electrons. The highest BCUT2D eigenvalue weighted by Crippen LogP contribution is 2.27. The first-order valence-corrected chi connectivity index (χ1v) is 9.00. The molecule has 2 heterocycles. The van der Waals surface area contributed by atoms with Crippen molar-refractivity contribution in [1.82, 2.24) is 20.0 Å². The van der Waals surface area contributed by atoms with Crippen LogP contribution in [0.25, 0.3) is 6.08 Å². The third kappa shape index (κ3) is 4.33. The van der Waals surface area contributed by atoms with Gasteiger partial charge in [0.1, 0.15) is 5.75 Å². The largest absolute Gasteiger partial charge is 0.496 e. The number of nitrogens with one attached hydrogen (secondary N) is 1. The van der Waals surface area contributed by atoms with Crippen LogP contribution in [0.1, 0.15) is 17.3 Å². The molecule has 1 aliphatic rings. The van der Waals surface area contributed by atoms with E-state index in [1.165, 1.54) is 5.69 Å². The van der Waals surface area contributed by atoms with Crippen LogP contribution in [0.4, 0.5) is 0 Å². The van der Waals surface area contributed by atoms with E-state index in [4.69, 9.17) is 9.47 Å². The van der Waals surface area contributed by atoms with Crippen LogP contribution in [-0.2, 0) is 11.8 Å². The molecule has 0 spiro atoms. The molecule has 2 aromatic rings. The van der Waals surface area contributed by atoms with Crippen molar-refractivity contribution >= 4 is 6.08 Å². The number of morpholine rings is 1. The van der Waals surface area contributed by atoms with Gasteiger partial charge in [0.15, 0.2) is 0 Å². The van der Waals surface area contributed by atoms with Crippen LogP contribution in [0.3, 0.4) is 0 Å². The normalized spacial score (nSPS) is 21.3. The lowest BCUT2D eigenvalue weighted by molar-refractivity contribution is -0.0634. The minimum absolute atomic E-state index is 0.101. The molecule has 1 fully saturated rings. The second-order valence-corrected chi connectivity index (χ2v) is 6.52. The van der Waals surface area contributed by atoms with Gasteiger partial charge in [-0.05, 0) is 19.2 Å². The lowest BCUT2D eigenvalue weighted by Crippen LogP contribution is -2.48. The quantitative estimate of drug-likeness (QED) is 0.770. The predicted molar refractivity (Wildman–Crippen MR) is 103 cm³/mol. The van der Waals surface area contributed by atoms with E-state index in [9.17, 15) is 0 Å². The van der Waals surface area contributed by atoms with Crippen molar-refractivity contribution in [2.75, 3.05) is 40.4 Å². The summed E-state index contributed by atoms with van der Waals surface area (Å²) in [4.78, 5) is 2.34. The first-order chi connectivity index (χ1) is 12.7. The molecule has 1 saturated heterocycles. The number of likely N-dealkylation sites (N-methyl/N-ethyl adjacent to an activating group) is 1. The SMILES string of the molecule is COc1ccccc1/C=C/CNC[C@@H]1OCCN(C)[C@H]1c1ccnn1C. The molecule has 2 atom stereocenters. The number of para-hydroxylation sites is 1. The Morgan fingerprint density at radius 1 is 1.31 bits per heavy atom. The Morgan fingerprint density at radius 2 is 2.15 bits per heavy atom. The Hall–Kier alpha value is -2.15. The maximum Gasteiger partial charge on any atom is 0.126 e. The van der Waals surface area contributed by atoms with Crippen molar-refractivity contribution in [3.63, 3.8) is 0 Å². The summed E-state index contributed by atoms with van der Waals surface area (Å²) in [6.45, 7) is 3.25. The van der Waals surface area contributed by atoms with Crippen molar-refractivity contribution in [3.8, 4) is 5.75 Å². The van der Waals surface area contributed by atoms with Gasteiger partial charge in [-0.25, -0.2) is 0 Å². The van der Waals surface area contributed by atoms with Gasteiger partial charge < -0.3 is 14.8 Å². The average Bonchev–Trinajstić information content (AvgIpc) is 3.07. The van der Waals surface area contributed by atoms with Crippen molar-refractivity contribution in [1.29, 1.82) is 0 Å².